The van der Waals surface area contributed by atoms with E-state index in [1.54, 1.807) is 18.1 Å². The fourth-order valence-corrected chi connectivity index (χ4v) is 3.05. The lowest BCUT2D eigenvalue weighted by atomic mass is 10.2. The van der Waals surface area contributed by atoms with Crippen molar-refractivity contribution in [1.82, 2.24) is 15.0 Å². The third-order valence-electron chi connectivity index (χ3n) is 4.52. The van der Waals surface area contributed by atoms with Crippen LogP contribution in [0, 0.1) is 0 Å². The van der Waals surface area contributed by atoms with Gasteiger partial charge >= 0.3 is 6.03 Å². The summed E-state index contributed by atoms with van der Waals surface area (Å²) >= 11 is 0. The Balaban J connectivity index is 1.47. The standard InChI is InChI=1S/C17H20N4O3/c1-23-13-5-2-4-12(10-13)18-17(22)21-9-3-6-14(21)16-19-15(20-24-16)11-7-8-11/h2,4-5,10-11,14H,3,6-9H2,1H3,(H,18,22). The largest absolute Gasteiger partial charge is 0.497 e. The van der Waals surface area contributed by atoms with E-state index in [1.807, 2.05) is 18.2 Å². The number of benzene rings is 1. The van der Waals surface area contributed by atoms with Gasteiger partial charge in [0.1, 0.15) is 11.8 Å². The zero-order valence-electron chi connectivity index (χ0n) is 13.6. The number of carbonyl (C=O) groups excluding carboxylic acids is 1. The molecule has 4 rings (SSSR count). The Kier molecular flexibility index (Phi) is 3.84. The number of amides is 2. The highest BCUT2D eigenvalue weighted by Gasteiger charge is 2.36. The normalized spacial score (nSPS) is 20.2. The Hall–Kier alpha value is -2.57. The molecule has 126 valence electrons. The van der Waals surface area contributed by atoms with Crippen molar-refractivity contribution in [2.45, 2.75) is 37.6 Å². The smallest absolute Gasteiger partial charge is 0.322 e. The van der Waals surface area contributed by atoms with Gasteiger partial charge in [-0.1, -0.05) is 11.2 Å². The molecule has 1 N–H and O–H groups in total. The molecule has 1 unspecified atom stereocenters. The number of hydrogen-bond acceptors (Lipinski definition) is 5. The van der Waals surface area contributed by atoms with E-state index in [0.717, 1.165) is 31.5 Å². The first-order valence-electron chi connectivity index (χ1n) is 8.30. The maximum atomic E-state index is 12.6. The number of nitrogens with one attached hydrogen (secondary N) is 1. The van der Waals surface area contributed by atoms with Gasteiger partial charge in [-0.15, -0.1) is 0 Å². The summed E-state index contributed by atoms with van der Waals surface area (Å²) < 4.78 is 10.6. The summed E-state index contributed by atoms with van der Waals surface area (Å²) in [6.07, 6.45) is 4.03. The molecule has 1 saturated heterocycles. The van der Waals surface area contributed by atoms with Crippen molar-refractivity contribution in [3.8, 4) is 5.75 Å². The van der Waals surface area contributed by atoms with Gasteiger partial charge in [0.25, 0.3) is 0 Å². The topological polar surface area (TPSA) is 80.5 Å². The first kappa shape index (κ1) is 15.0. The maximum Gasteiger partial charge on any atom is 0.322 e. The Morgan fingerprint density at radius 3 is 3.04 bits per heavy atom. The number of rotatable bonds is 4. The van der Waals surface area contributed by atoms with Crippen LogP contribution in [0.15, 0.2) is 28.8 Å². The highest BCUT2D eigenvalue weighted by molar-refractivity contribution is 5.90. The van der Waals surface area contributed by atoms with Gasteiger partial charge in [-0.05, 0) is 37.8 Å². The molecule has 1 atom stereocenters. The van der Waals surface area contributed by atoms with Crippen LogP contribution in [0.2, 0.25) is 0 Å². The predicted molar refractivity (Wildman–Crippen MR) is 87.0 cm³/mol. The molecule has 0 bridgehead atoms. The van der Waals surface area contributed by atoms with Crippen LogP contribution in [0.25, 0.3) is 0 Å². The average molecular weight is 328 g/mol. The second kappa shape index (κ2) is 6.14. The first-order chi connectivity index (χ1) is 11.7. The lowest BCUT2D eigenvalue weighted by molar-refractivity contribution is 0.193. The van der Waals surface area contributed by atoms with E-state index >= 15 is 0 Å². The van der Waals surface area contributed by atoms with E-state index in [9.17, 15) is 4.79 Å². The number of ether oxygens (including phenoxy) is 1. The van der Waals surface area contributed by atoms with Crippen LogP contribution in [0.3, 0.4) is 0 Å². The summed E-state index contributed by atoms with van der Waals surface area (Å²) in [5.74, 6) is 2.49. The molecule has 1 aromatic heterocycles. The Morgan fingerprint density at radius 2 is 2.25 bits per heavy atom. The van der Waals surface area contributed by atoms with E-state index in [2.05, 4.69) is 15.5 Å². The van der Waals surface area contributed by atoms with Gasteiger partial charge in [-0.2, -0.15) is 4.98 Å². The molecule has 2 aromatic rings. The third-order valence-corrected chi connectivity index (χ3v) is 4.52. The van der Waals surface area contributed by atoms with Gasteiger partial charge in [-0.3, -0.25) is 0 Å². The highest BCUT2D eigenvalue weighted by atomic mass is 16.5. The molecule has 2 aliphatic rings. The molecule has 24 heavy (non-hydrogen) atoms. The first-order valence-corrected chi connectivity index (χ1v) is 8.30. The molecular formula is C17H20N4O3. The number of urea groups is 1. The summed E-state index contributed by atoms with van der Waals surface area (Å²) in [5, 5.41) is 6.98. The lowest BCUT2D eigenvalue weighted by Gasteiger charge is -2.22. The van der Waals surface area contributed by atoms with Crippen LogP contribution in [-0.4, -0.2) is 34.7 Å². The van der Waals surface area contributed by atoms with Crippen molar-refractivity contribution < 1.29 is 14.1 Å². The van der Waals surface area contributed by atoms with Gasteiger partial charge in [0.15, 0.2) is 5.82 Å². The van der Waals surface area contributed by atoms with E-state index in [-0.39, 0.29) is 12.1 Å². The molecule has 1 aliphatic carbocycles. The van der Waals surface area contributed by atoms with E-state index in [0.29, 0.717) is 29.8 Å². The molecule has 1 aliphatic heterocycles. The van der Waals surface area contributed by atoms with Crippen molar-refractivity contribution >= 4 is 11.7 Å². The molecule has 2 fully saturated rings. The third kappa shape index (κ3) is 2.93. The van der Waals surface area contributed by atoms with Crippen molar-refractivity contribution in [2.24, 2.45) is 0 Å². The molecule has 7 nitrogen and oxygen atoms in total. The summed E-state index contributed by atoms with van der Waals surface area (Å²) in [6, 6.07) is 7.01. The molecule has 1 aromatic carbocycles. The summed E-state index contributed by atoms with van der Waals surface area (Å²) in [6.45, 7) is 0.682. The molecule has 7 heteroatoms. The highest BCUT2D eigenvalue weighted by Crippen LogP contribution is 2.39. The average Bonchev–Trinajstić information content (AvgIpc) is 3.13. The zero-order chi connectivity index (χ0) is 16.5. The zero-order valence-corrected chi connectivity index (χ0v) is 13.6. The number of aromatic nitrogens is 2. The van der Waals surface area contributed by atoms with Crippen LogP contribution in [0.5, 0.6) is 5.75 Å². The Morgan fingerprint density at radius 1 is 1.38 bits per heavy atom. The van der Waals surface area contributed by atoms with Gasteiger partial charge < -0.3 is 19.5 Å². The molecule has 0 radical (unpaired) electrons. The van der Waals surface area contributed by atoms with Gasteiger partial charge in [0, 0.05) is 24.2 Å². The van der Waals surface area contributed by atoms with Crippen LogP contribution in [0.4, 0.5) is 10.5 Å². The monoisotopic (exact) mass is 328 g/mol. The summed E-state index contributed by atoms with van der Waals surface area (Å²) in [4.78, 5) is 18.9. The van der Waals surface area contributed by atoms with Crippen LogP contribution < -0.4 is 10.1 Å². The number of nitrogens with zero attached hydrogens (tertiary/aromatic N) is 3. The molecule has 0 spiro atoms. The lowest BCUT2D eigenvalue weighted by Crippen LogP contribution is -2.34. The maximum absolute atomic E-state index is 12.6. The minimum absolute atomic E-state index is 0.143. The van der Waals surface area contributed by atoms with Crippen LogP contribution in [0.1, 0.15) is 49.4 Å². The number of hydrogen-bond donors (Lipinski definition) is 1. The van der Waals surface area contributed by atoms with E-state index in [1.165, 1.54) is 0 Å². The number of anilines is 1. The fourth-order valence-electron chi connectivity index (χ4n) is 3.05. The minimum Gasteiger partial charge on any atom is -0.497 e. The second-order valence-electron chi connectivity index (χ2n) is 6.28. The summed E-state index contributed by atoms with van der Waals surface area (Å²) in [5.41, 5.74) is 0.703. The van der Waals surface area contributed by atoms with Gasteiger partial charge in [0.2, 0.25) is 5.89 Å². The molecular weight excluding hydrogens is 308 g/mol. The minimum atomic E-state index is -0.156. The van der Waals surface area contributed by atoms with Crippen molar-refractivity contribution in [1.29, 1.82) is 0 Å². The van der Waals surface area contributed by atoms with Gasteiger partial charge in [0.05, 0.1) is 7.11 Å². The fraction of sp³-hybridized carbons (Fsp3) is 0.471. The quantitative estimate of drug-likeness (QED) is 0.931. The number of carbonyl (C=O) groups is 1. The SMILES string of the molecule is COc1cccc(NC(=O)N2CCCC2c2nc(C3CC3)no2)c1. The molecule has 2 amide bonds. The Labute approximate surface area is 140 Å². The van der Waals surface area contributed by atoms with E-state index < -0.39 is 0 Å². The number of likely N-dealkylation sites (tertiary alicyclic amines) is 1. The van der Waals surface area contributed by atoms with Crippen molar-refractivity contribution in [3.63, 3.8) is 0 Å². The van der Waals surface area contributed by atoms with Crippen LogP contribution in [-0.2, 0) is 0 Å². The molecule has 2 heterocycles. The predicted octanol–water partition coefficient (Wildman–Crippen LogP) is 3.32. The molecule has 1 saturated carbocycles. The number of methoxy groups -OCH3 is 1. The van der Waals surface area contributed by atoms with Crippen molar-refractivity contribution in [3.05, 3.63) is 36.0 Å². The van der Waals surface area contributed by atoms with Crippen molar-refractivity contribution in [2.75, 3.05) is 19.0 Å². The van der Waals surface area contributed by atoms with Crippen LogP contribution >= 0.6 is 0 Å². The summed E-state index contributed by atoms with van der Waals surface area (Å²) in [7, 11) is 1.60. The Bertz CT molecular complexity index is 741. The second-order valence-corrected chi connectivity index (χ2v) is 6.28. The van der Waals surface area contributed by atoms with E-state index in [4.69, 9.17) is 9.26 Å². The van der Waals surface area contributed by atoms with Gasteiger partial charge in [-0.25, -0.2) is 4.79 Å².